The third-order valence-electron chi connectivity index (χ3n) is 5.50. The Balaban J connectivity index is 1.89. The number of benzene rings is 2. The van der Waals surface area contributed by atoms with Gasteiger partial charge in [-0.15, -0.1) is 0 Å². The fraction of sp³-hybridized carbons (Fsp3) is 0.409. The van der Waals surface area contributed by atoms with Crippen molar-refractivity contribution in [3.05, 3.63) is 59.7 Å². The summed E-state index contributed by atoms with van der Waals surface area (Å²) < 4.78 is 27.4. The molecule has 0 aromatic heterocycles. The van der Waals surface area contributed by atoms with E-state index in [2.05, 4.69) is 6.92 Å². The second-order valence-corrected chi connectivity index (χ2v) is 9.36. The first-order valence-electron chi connectivity index (χ1n) is 9.81. The molecule has 0 aliphatic carbocycles. The van der Waals surface area contributed by atoms with E-state index in [1.54, 1.807) is 30.3 Å². The summed E-state index contributed by atoms with van der Waals surface area (Å²) >= 11 is 0. The van der Waals surface area contributed by atoms with Crippen molar-refractivity contribution in [2.45, 2.75) is 50.5 Å². The van der Waals surface area contributed by atoms with Crippen molar-refractivity contribution in [2.24, 2.45) is 0 Å². The molecule has 1 heterocycles. The molecule has 0 spiro atoms. The van der Waals surface area contributed by atoms with Crippen molar-refractivity contribution >= 4 is 21.6 Å². The molecule has 0 N–H and O–H groups in total. The summed E-state index contributed by atoms with van der Waals surface area (Å²) in [7, 11) is -2.21. The maximum absolute atomic E-state index is 13.1. The van der Waals surface area contributed by atoms with Gasteiger partial charge in [0.2, 0.25) is 0 Å². The van der Waals surface area contributed by atoms with Crippen LogP contribution in [-0.2, 0) is 10.0 Å². The zero-order valence-electron chi connectivity index (χ0n) is 16.8. The number of hydrogen-bond acceptors (Lipinski definition) is 3. The van der Waals surface area contributed by atoms with Crippen molar-refractivity contribution in [1.82, 2.24) is 4.90 Å². The monoisotopic (exact) mass is 400 g/mol. The first-order valence-corrected chi connectivity index (χ1v) is 11.2. The van der Waals surface area contributed by atoms with Gasteiger partial charge in [0, 0.05) is 25.2 Å². The summed E-state index contributed by atoms with van der Waals surface area (Å²) in [5, 5.41) is 0. The number of rotatable bonds is 5. The lowest BCUT2D eigenvalue weighted by molar-refractivity contribution is 0.0608. The maximum Gasteiger partial charge on any atom is 0.264 e. The molecule has 1 aliphatic heterocycles. The Morgan fingerprint density at radius 2 is 1.86 bits per heavy atom. The van der Waals surface area contributed by atoms with E-state index in [1.165, 1.54) is 17.4 Å². The number of hydrogen-bond donors (Lipinski definition) is 0. The van der Waals surface area contributed by atoms with Crippen LogP contribution in [0.1, 0.15) is 48.5 Å². The minimum atomic E-state index is -3.75. The smallest absolute Gasteiger partial charge is 0.264 e. The van der Waals surface area contributed by atoms with Crippen LogP contribution in [0.3, 0.4) is 0 Å². The molecular formula is C22H28N2O3S. The normalized spacial score (nSPS) is 17.4. The minimum Gasteiger partial charge on any atom is -0.336 e. The van der Waals surface area contributed by atoms with Crippen LogP contribution in [0.15, 0.2) is 53.4 Å². The Bertz CT molecular complexity index is 939. The Kier molecular flexibility index (Phi) is 6.08. The van der Waals surface area contributed by atoms with Gasteiger partial charge in [0.15, 0.2) is 0 Å². The SMILES string of the molecule is CCC1CCCCN1C(=O)c1cccc(S(=O)(=O)N(C)c2ccc(C)cc2)c1. The molecule has 150 valence electrons. The largest absolute Gasteiger partial charge is 0.336 e. The van der Waals surface area contributed by atoms with Gasteiger partial charge in [-0.3, -0.25) is 9.10 Å². The molecule has 1 fully saturated rings. The van der Waals surface area contributed by atoms with Crippen LogP contribution in [-0.4, -0.2) is 38.9 Å². The number of likely N-dealkylation sites (tertiary alicyclic amines) is 1. The lowest BCUT2D eigenvalue weighted by Gasteiger charge is -2.35. The molecule has 2 aromatic rings. The summed E-state index contributed by atoms with van der Waals surface area (Å²) in [6.45, 7) is 4.78. The summed E-state index contributed by atoms with van der Waals surface area (Å²) in [6, 6.07) is 13.9. The van der Waals surface area contributed by atoms with E-state index in [0.29, 0.717) is 11.3 Å². The number of carbonyl (C=O) groups excluding carboxylic acids is 1. The molecular weight excluding hydrogens is 372 g/mol. The number of carbonyl (C=O) groups is 1. The highest BCUT2D eigenvalue weighted by atomic mass is 32.2. The van der Waals surface area contributed by atoms with E-state index < -0.39 is 10.0 Å². The van der Waals surface area contributed by atoms with Crippen molar-refractivity contribution in [1.29, 1.82) is 0 Å². The molecule has 28 heavy (non-hydrogen) atoms. The van der Waals surface area contributed by atoms with Gasteiger partial charge in [0.25, 0.3) is 15.9 Å². The first kappa shape index (κ1) is 20.4. The molecule has 3 rings (SSSR count). The van der Waals surface area contributed by atoms with Gasteiger partial charge >= 0.3 is 0 Å². The average molecular weight is 401 g/mol. The van der Waals surface area contributed by atoms with E-state index in [1.807, 2.05) is 24.0 Å². The fourth-order valence-corrected chi connectivity index (χ4v) is 4.94. The second kappa shape index (κ2) is 8.35. The molecule has 6 heteroatoms. The molecule has 1 amide bonds. The van der Waals surface area contributed by atoms with Crippen LogP contribution in [0.5, 0.6) is 0 Å². The van der Waals surface area contributed by atoms with E-state index in [0.717, 1.165) is 37.8 Å². The Hall–Kier alpha value is -2.34. The number of anilines is 1. The van der Waals surface area contributed by atoms with Gasteiger partial charge < -0.3 is 4.90 Å². The van der Waals surface area contributed by atoms with Gasteiger partial charge in [-0.05, 0) is 62.9 Å². The van der Waals surface area contributed by atoms with Crippen LogP contribution in [0.4, 0.5) is 5.69 Å². The van der Waals surface area contributed by atoms with Gasteiger partial charge in [-0.1, -0.05) is 30.7 Å². The summed E-state index contributed by atoms with van der Waals surface area (Å²) in [5.74, 6) is -0.0819. The van der Waals surface area contributed by atoms with Gasteiger partial charge in [-0.25, -0.2) is 8.42 Å². The number of sulfonamides is 1. The van der Waals surface area contributed by atoms with Crippen LogP contribution in [0.25, 0.3) is 0 Å². The Labute approximate surface area is 168 Å². The third-order valence-corrected chi connectivity index (χ3v) is 7.28. The van der Waals surface area contributed by atoms with Crippen LogP contribution in [0.2, 0.25) is 0 Å². The molecule has 0 radical (unpaired) electrons. The number of aryl methyl sites for hydroxylation is 1. The van der Waals surface area contributed by atoms with Crippen LogP contribution in [0, 0.1) is 6.92 Å². The molecule has 0 bridgehead atoms. The summed E-state index contributed by atoms with van der Waals surface area (Å²) in [6.07, 6.45) is 4.06. The van der Waals surface area contributed by atoms with Crippen LogP contribution >= 0.6 is 0 Å². The standard InChI is InChI=1S/C22H28N2O3S/c1-4-19-9-5-6-15-24(19)22(25)18-8-7-10-21(16-18)28(26,27)23(3)20-13-11-17(2)12-14-20/h7-8,10-14,16,19H,4-6,9,15H2,1-3H3. The fourth-order valence-electron chi connectivity index (χ4n) is 3.70. The first-order chi connectivity index (χ1) is 13.3. The van der Waals surface area contributed by atoms with E-state index in [4.69, 9.17) is 0 Å². The predicted molar refractivity (Wildman–Crippen MR) is 112 cm³/mol. The zero-order valence-corrected chi connectivity index (χ0v) is 17.6. The molecule has 2 aromatic carbocycles. The van der Waals surface area contributed by atoms with Crippen molar-refractivity contribution in [3.63, 3.8) is 0 Å². The molecule has 1 atom stereocenters. The van der Waals surface area contributed by atoms with Crippen molar-refractivity contribution in [3.8, 4) is 0 Å². The molecule has 5 nitrogen and oxygen atoms in total. The van der Waals surface area contributed by atoms with Gasteiger partial charge in [-0.2, -0.15) is 0 Å². The van der Waals surface area contributed by atoms with E-state index >= 15 is 0 Å². The average Bonchev–Trinajstić information content (AvgIpc) is 2.73. The lowest BCUT2D eigenvalue weighted by Crippen LogP contribution is -2.43. The zero-order chi connectivity index (χ0) is 20.3. The lowest BCUT2D eigenvalue weighted by atomic mass is 9.99. The number of piperidine rings is 1. The second-order valence-electron chi connectivity index (χ2n) is 7.39. The van der Waals surface area contributed by atoms with E-state index in [-0.39, 0.29) is 16.8 Å². The maximum atomic E-state index is 13.1. The minimum absolute atomic E-state index is 0.0819. The van der Waals surface area contributed by atoms with Crippen molar-refractivity contribution in [2.75, 3.05) is 17.9 Å². The highest BCUT2D eigenvalue weighted by molar-refractivity contribution is 7.92. The summed E-state index contributed by atoms with van der Waals surface area (Å²) in [4.78, 5) is 15.1. The highest BCUT2D eigenvalue weighted by Gasteiger charge is 2.28. The Morgan fingerprint density at radius 1 is 1.14 bits per heavy atom. The molecule has 1 saturated heterocycles. The predicted octanol–water partition coefficient (Wildman–Crippen LogP) is 4.22. The van der Waals surface area contributed by atoms with Crippen molar-refractivity contribution < 1.29 is 13.2 Å². The Morgan fingerprint density at radius 3 is 2.54 bits per heavy atom. The van der Waals surface area contributed by atoms with E-state index in [9.17, 15) is 13.2 Å². The number of nitrogens with zero attached hydrogens (tertiary/aromatic N) is 2. The topological polar surface area (TPSA) is 57.7 Å². The van der Waals surface area contributed by atoms with Gasteiger partial charge in [0.1, 0.15) is 0 Å². The third kappa shape index (κ3) is 4.07. The van der Waals surface area contributed by atoms with Gasteiger partial charge in [0.05, 0.1) is 10.6 Å². The molecule has 1 unspecified atom stereocenters. The molecule has 0 saturated carbocycles. The highest BCUT2D eigenvalue weighted by Crippen LogP contribution is 2.25. The summed E-state index contributed by atoms with van der Waals surface area (Å²) in [5.41, 5.74) is 2.08. The quantitative estimate of drug-likeness (QED) is 0.755. The van der Waals surface area contributed by atoms with Crippen LogP contribution < -0.4 is 4.31 Å². The molecule has 1 aliphatic rings. The number of amides is 1.